The summed E-state index contributed by atoms with van der Waals surface area (Å²) in [6.07, 6.45) is 5.39. The average Bonchev–Trinajstić information content (AvgIpc) is 3.38. The number of carbonyl (C=O) groups is 1. The minimum atomic E-state index is -3.11. The second-order valence-corrected chi connectivity index (χ2v) is 10.6. The van der Waals surface area contributed by atoms with E-state index >= 15 is 0 Å². The quantitative estimate of drug-likeness (QED) is 0.725. The van der Waals surface area contributed by atoms with Crippen LogP contribution in [0.1, 0.15) is 38.5 Å². The molecule has 1 aliphatic heterocycles. The molecule has 0 bridgehead atoms. The lowest BCUT2D eigenvalue weighted by Crippen LogP contribution is -2.50. The zero-order valence-electron chi connectivity index (χ0n) is 15.5. The number of carbonyl (C=O) groups excluding carboxylic acids is 1. The fourth-order valence-electron chi connectivity index (χ4n) is 4.18. The van der Waals surface area contributed by atoms with Gasteiger partial charge in [-0.05, 0) is 30.7 Å². The summed E-state index contributed by atoms with van der Waals surface area (Å²) in [5.74, 6) is -0.633. The molecular weight excluding hydrogens is 402 g/mol. The minimum Gasteiger partial charge on any atom is -0.387 e. The molecule has 0 spiro atoms. The summed E-state index contributed by atoms with van der Waals surface area (Å²) in [6, 6.07) is 3.33. The molecule has 2 fully saturated rings. The van der Waals surface area contributed by atoms with Crippen molar-refractivity contribution in [3.63, 3.8) is 0 Å². The Kier molecular flexibility index (Phi) is 5.42. The van der Waals surface area contributed by atoms with E-state index in [1.54, 1.807) is 11.0 Å². The van der Waals surface area contributed by atoms with E-state index in [2.05, 4.69) is 5.10 Å². The smallest absolute Gasteiger partial charge is 0.387 e. The summed E-state index contributed by atoms with van der Waals surface area (Å²) in [5, 5.41) is 6.01. The van der Waals surface area contributed by atoms with E-state index in [1.165, 1.54) is 11.3 Å². The first kappa shape index (κ1) is 19.4. The monoisotopic (exact) mass is 425 g/mol. The fourth-order valence-corrected chi connectivity index (χ4v) is 6.53. The molecule has 8 nitrogen and oxygen atoms in total. The van der Waals surface area contributed by atoms with Gasteiger partial charge in [0.15, 0.2) is 9.84 Å². The Morgan fingerprint density at radius 1 is 1.25 bits per heavy atom. The van der Waals surface area contributed by atoms with Crippen molar-refractivity contribution in [1.29, 1.82) is 0 Å². The van der Waals surface area contributed by atoms with Gasteiger partial charge in [0.25, 0.3) is 5.89 Å². The molecule has 1 saturated carbocycles. The van der Waals surface area contributed by atoms with Crippen LogP contribution in [-0.2, 0) is 21.2 Å². The van der Waals surface area contributed by atoms with Crippen molar-refractivity contribution in [2.45, 2.75) is 57.2 Å². The van der Waals surface area contributed by atoms with Crippen molar-refractivity contribution >= 4 is 27.1 Å². The third-order valence-corrected chi connectivity index (χ3v) is 8.09. The van der Waals surface area contributed by atoms with Gasteiger partial charge in [-0.3, -0.25) is 4.79 Å². The molecule has 0 N–H and O–H groups in total. The number of amides is 1. The van der Waals surface area contributed by atoms with E-state index in [4.69, 9.17) is 4.42 Å². The lowest BCUT2D eigenvalue weighted by atomic mass is 9.93. The minimum absolute atomic E-state index is 0.00337. The first-order valence-electron chi connectivity index (χ1n) is 9.56. The van der Waals surface area contributed by atoms with Gasteiger partial charge < -0.3 is 9.32 Å². The maximum absolute atomic E-state index is 13.2. The Morgan fingerprint density at radius 3 is 2.68 bits per heavy atom. The van der Waals surface area contributed by atoms with Crippen molar-refractivity contribution in [3.05, 3.63) is 28.1 Å². The molecule has 1 atom stereocenters. The SMILES string of the molecule is O=C(Cn1nc(-c2cccs2)oc1=O)N(C1CCCCC1)C1CCS(=O)(=O)C1. The van der Waals surface area contributed by atoms with E-state index in [-0.39, 0.29) is 41.9 Å². The number of rotatable bonds is 5. The Bertz CT molecular complexity index is 987. The van der Waals surface area contributed by atoms with E-state index in [1.807, 2.05) is 11.4 Å². The summed E-state index contributed by atoms with van der Waals surface area (Å²) in [6.45, 7) is -0.235. The maximum Gasteiger partial charge on any atom is 0.437 e. The topological polar surface area (TPSA) is 102 Å². The lowest BCUT2D eigenvalue weighted by molar-refractivity contribution is -0.137. The van der Waals surface area contributed by atoms with Crippen molar-refractivity contribution in [2.75, 3.05) is 11.5 Å². The van der Waals surface area contributed by atoms with Gasteiger partial charge >= 0.3 is 5.76 Å². The summed E-state index contributed by atoms with van der Waals surface area (Å²) < 4.78 is 30.2. The summed E-state index contributed by atoms with van der Waals surface area (Å²) >= 11 is 1.40. The number of nitrogens with zero attached hydrogens (tertiary/aromatic N) is 3. The molecule has 1 aliphatic carbocycles. The van der Waals surface area contributed by atoms with Crippen LogP contribution in [0.2, 0.25) is 0 Å². The van der Waals surface area contributed by atoms with E-state index in [0.717, 1.165) is 36.8 Å². The van der Waals surface area contributed by atoms with Crippen LogP contribution in [0.3, 0.4) is 0 Å². The van der Waals surface area contributed by atoms with Gasteiger partial charge in [0, 0.05) is 12.1 Å². The fraction of sp³-hybridized carbons (Fsp3) is 0.611. The second kappa shape index (κ2) is 7.82. The summed E-state index contributed by atoms with van der Waals surface area (Å²) in [4.78, 5) is 27.8. The number of thiophene rings is 1. The van der Waals surface area contributed by atoms with E-state index in [0.29, 0.717) is 11.3 Å². The van der Waals surface area contributed by atoms with E-state index in [9.17, 15) is 18.0 Å². The lowest BCUT2D eigenvalue weighted by Gasteiger charge is -2.38. The van der Waals surface area contributed by atoms with Crippen molar-refractivity contribution in [1.82, 2.24) is 14.7 Å². The Balaban J connectivity index is 1.56. The highest BCUT2D eigenvalue weighted by Gasteiger charge is 2.38. The van der Waals surface area contributed by atoms with Crippen LogP contribution in [0.4, 0.5) is 0 Å². The highest BCUT2D eigenvalue weighted by atomic mass is 32.2. The van der Waals surface area contributed by atoms with Gasteiger partial charge in [0.2, 0.25) is 5.91 Å². The molecule has 152 valence electrons. The summed E-state index contributed by atoms with van der Waals surface area (Å²) in [7, 11) is -3.11. The number of aromatic nitrogens is 2. The molecule has 1 unspecified atom stereocenters. The number of hydrogen-bond acceptors (Lipinski definition) is 7. The van der Waals surface area contributed by atoms with Crippen LogP contribution >= 0.6 is 11.3 Å². The largest absolute Gasteiger partial charge is 0.437 e. The molecule has 4 rings (SSSR count). The molecule has 2 aromatic rings. The van der Waals surface area contributed by atoms with Crippen molar-refractivity contribution in [2.24, 2.45) is 0 Å². The zero-order chi connectivity index (χ0) is 19.7. The molecule has 0 radical (unpaired) electrons. The zero-order valence-corrected chi connectivity index (χ0v) is 17.1. The Morgan fingerprint density at radius 2 is 2.04 bits per heavy atom. The molecule has 28 heavy (non-hydrogen) atoms. The highest BCUT2D eigenvalue weighted by molar-refractivity contribution is 7.91. The number of hydrogen-bond donors (Lipinski definition) is 0. The van der Waals surface area contributed by atoms with Gasteiger partial charge in [-0.2, -0.15) is 4.68 Å². The highest BCUT2D eigenvalue weighted by Crippen LogP contribution is 2.29. The molecule has 2 aromatic heterocycles. The number of sulfone groups is 1. The Labute approximate surface area is 167 Å². The Hall–Kier alpha value is -1.94. The van der Waals surface area contributed by atoms with Gasteiger partial charge in [-0.1, -0.05) is 25.3 Å². The molecule has 3 heterocycles. The van der Waals surface area contributed by atoms with Crippen LogP contribution in [0.5, 0.6) is 0 Å². The maximum atomic E-state index is 13.2. The van der Waals surface area contributed by atoms with Crippen LogP contribution in [0, 0.1) is 0 Å². The van der Waals surface area contributed by atoms with Gasteiger partial charge in [0.1, 0.15) is 6.54 Å². The standard InChI is InChI=1S/C18H23N3O5S2/c22-16(11-20-18(23)26-17(19-20)15-7-4-9-27-15)21(13-5-2-1-3-6-13)14-8-10-28(24,25)12-14/h4,7,9,13-14H,1-3,5-6,8,10-12H2. The summed E-state index contributed by atoms with van der Waals surface area (Å²) in [5.41, 5.74) is 0. The van der Waals surface area contributed by atoms with Crippen molar-refractivity contribution in [3.8, 4) is 10.8 Å². The van der Waals surface area contributed by atoms with Gasteiger partial charge in [0.05, 0.1) is 16.4 Å². The molecule has 1 saturated heterocycles. The predicted octanol–water partition coefficient (Wildman–Crippen LogP) is 1.91. The molecule has 1 amide bonds. The third kappa shape index (κ3) is 4.07. The molecule has 10 heteroatoms. The van der Waals surface area contributed by atoms with Crippen LogP contribution in [0.15, 0.2) is 26.7 Å². The third-order valence-electron chi connectivity index (χ3n) is 5.48. The molecule has 2 aliphatic rings. The average molecular weight is 426 g/mol. The first-order valence-corrected chi connectivity index (χ1v) is 12.3. The van der Waals surface area contributed by atoms with Crippen LogP contribution < -0.4 is 5.76 Å². The van der Waals surface area contributed by atoms with E-state index < -0.39 is 15.6 Å². The van der Waals surface area contributed by atoms with Crippen LogP contribution in [-0.4, -0.2) is 52.6 Å². The van der Waals surface area contributed by atoms with Crippen molar-refractivity contribution < 1.29 is 17.6 Å². The van der Waals surface area contributed by atoms with Gasteiger partial charge in [-0.25, -0.2) is 13.2 Å². The normalized spacial score (nSPS) is 22.4. The molecular formula is C18H23N3O5S2. The second-order valence-electron chi connectivity index (χ2n) is 7.46. The van der Waals surface area contributed by atoms with Crippen LogP contribution in [0.25, 0.3) is 10.8 Å². The van der Waals surface area contributed by atoms with Gasteiger partial charge in [-0.15, -0.1) is 16.4 Å². The predicted molar refractivity (Wildman–Crippen MR) is 105 cm³/mol. The molecule has 0 aromatic carbocycles. The first-order chi connectivity index (χ1) is 13.4.